The van der Waals surface area contributed by atoms with Crippen LogP contribution in [-0.4, -0.2) is 13.6 Å². The van der Waals surface area contributed by atoms with Crippen molar-refractivity contribution in [1.82, 2.24) is 0 Å². The van der Waals surface area contributed by atoms with Gasteiger partial charge in [0.05, 0.1) is 0 Å². The van der Waals surface area contributed by atoms with E-state index in [2.05, 4.69) is 47.7 Å². The highest BCUT2D eigenvalue weighted by atomic mass is 14.5. The van der Waals surface area contributed by atoms with Gasteiger partial charge in [-0.25, -0.2) is 0 Å². The third-order valence-corrected chi connectivity index (χ3v) is 2.75. The van der Waals surface area contributed by atoms with Crippen molar-refractivity contribution in [2.75, 3.05) is 0 Å². The molecule has 0 saturated carbocycles. The summed E-state index contributed by atoms with van der Waals surface area (Å²) in [6, 6.07) is 0. The molecule has 1 N–H and O–H groups in total. The van der Waals surface area contributed by atoms with Gasteiger partial charge in [0.1, 0.15) is 7.85 Å². The lowest BCUT2D eigenvalue weighted by atomic mass is 9.75. The van der Waals surface area contributed by atoms with Gasteiger partial charge < -0.3 is 5.41 Å². The average Bonchev–Trinajstić information content (AvgIpc) is 2.06. The van der Waals surface area contributed by atoms with Gasteiger partial charge in [0.25, 0.3) is 0 Å². The summed E-state index contributed by atoms with van der Waals surface area (Å²) in [5, 5.41) is 8.16. The highest BCUT2D eigenvalue weighted by Gasteiger charge is 2.25. The topological polar surface area (TPSA) is 23.9 Å². The van der Waals surface area contributed by atoms with Crippen LogP contribution in [0.2, 0.25) is 0 Å². The molecule has 0 saturated heterocycles. The minimum absolute atomic E-state index is 0.0300. The zero-order valence-electron chi connectivity index (χ0n) is 9.94. The first kappa shape index (κ1) is 11.3. The van der Waals surface area contributed by atoms with Crippen LogP contribution in [0.25, 0.3) is 0 Å². The Balaban J connectivity index is 2.97. The van der Waals surface area contributed by atoms with E-state index in [-0.39, 0.29) is 5.41 Å². The van der Waals surface area contributed by atoms with Crippen molar-refractivity contribution in [3.05, 3.63) is 23.2 Å². The van der Waals surface area contributed by atoms with Crippen LogP contribution in [-0.2, 0) is 0 Å². The van der Waals surface area contributed by atoms with Gasteiger partial charge in [-0.05, 0) is 17.9 Å². The average molecular weight is 189 g/mol. The summed E-state index contributed by atoms with van der Waals surface area (Å²) in [7, 11) is 2.11. The summed E-state index contributed by atoms with van der Waals surface area (Å²) in [6.45, 7) is 8.53. The van der Waals surface area contributed by atoms with E-state index in [1.165, 1.54) is 11.0 Å². The van der Waals surface area contributed by atoms with Crippen LogP contribution in [0.4, 0.5) is 0 Å². The summed E-state index contributed by atoms with van der Waals surface area (Å²) in [4.78, 5) is 0. The highest BCUT2D eigenvalue weighted by molar-refractivity contribution is 6.24. The zero-order chi connectivity index (χ0) is 10.9. The minimum atomic E-state index is -0.0300. The normalized spacial score (nSPS) is 22.7. The molecule has 0 fully saturated rings. The molecule has 0 aromatic carbocycles. The number of hydrogen-bond acceptors (Lipinski definition) is 1. The Morgan fingerprint density at radius 1 is 1.50 bits per heavy atom. The van der Waals surface area contributed by atoms with E-state index in [0.29, 0.717) is 5.92 Å². The summed E-state index contributed by atoms with van der Waals surface area (Å²) in [6.07, 6.45) is 5.50. The second-order valence-corrected chi connectivity index (χ2v) is 5.31. The van der Waals surface area contributed by atoms with Gasteiger partial charge in [-0.2, -0.15) is 0 Å². The Kier molecular flexibility index (Phi) is 3.03. The van der Waals surface area contributed by atoms with Crippen molar-refractivity contribution in [1.29, 1.82) is 5.41 Å². The fraction of sp³-hybridized carbons (Fsp3) is 0.583. The third-order valence-electron chi connectivity index (χ3n) is 2.75. The van der Waals surface area contributed by atoms with E-state index in [4.69, 9.17) is 5.41 Å². The van der Waals surface area contributed by atoms with Crippen LogP contribution in [0.5, 0.6) is 0 Å². The van der Waals surface area contributed by atoms with Crippen LogP contribution in [0.15, 0.2) is 23.2 Å². The minimum Gasteiger partial charge on any atom is -0.304 e. The SMILES string of the molecule is BC1=CCC(C)C(C(=N)C(C)(C)C)=C1. The van der Waals surface area contributed by atoms with Crippen molar-refractivity contribution in [2.24, 2.45) is 11.3 Å². The largest absolute Gasteiger partial charge is 0.304 e. The fourth-order valence-electron chi connectivity index (χ4n) is 1.69. The highest BCUT2D eigenvalue weighted by Crippen LogP contribution is 2.30. The van der Waals surface area contributed by atoms with Gasteiger partial charge in [-0.1, -0.05) is 45.3 Å². The van der Waals surface area contributed by atoms with Gasteiger partial charge in [-0.15, -0.1) is 0 Å². The Labute approximate surface area is 88.2 Å². The van der Waals surface area contributed by atoms with Crippen LogP contribution in [0, 0.1) is 16.7 Å². The molecule has 0 aromatic rings. The maximum Gasteiger partial charge on any atom is 0.138 e. The summed E-state index contributed by atoms with van der Waals surface area (Å²) >= 11 is 0. The molecule has 1 atom stereocenters. The van der Waals surface area contributed by atoms with Gasteiger partial charge in [0.2, 0.25) is 0 Å². The van der Waals surface area contributed by atoms with Crippen molar-refractivity contribution >= 4 is 13.6 Å². The third kappa shape index (κ3) is 2.37. The molecule has 1 nitrogen and oxygen atoms in total. The Morgan fingerprint density at radius 3 is 2.57 bits per heavy atom. The Hall–Kier alpha value is -0.785. The smallest absolute Gasteiger partial charge is 0.138 e. The molecule has 0 heterocycles. The maximum absolute atomic E-state index is 8.16. The number of rotatable bonds is 1. The summed E-state index contributed by atoms with van der Waals surface area (Å²) in [5.74, 6) is 0.505. The fourth-order valence-corrected chi connectivity index (χ4v) is 1.69. The van der Waals surface area contributed by atoms with Gasteiger partial charge >= 0.3 is 0 Å². The van der Waals surface area contributed by atoms with E-state index < -0.39 is 0 Å². The van der Waals surface area contributed by atoms with Crippen LogP contribution >= 0.6 is 0 Å². The number of allylic oxidation sites excluding steroid dienone is 4. The molecule has 2 heteroatoms. The van der Waals surface area contributed by atoms with Crippen LogP contribution < -0.4 is 0 Å². The Morgan fingerprint density at radius 2 is 2.07 bits per heavy atom. The lowest BCUT2D eigenvalue weighted by molar-refractivity contribution is 0.572. The standard InChI is InChI=1S/C12H20BN/c1-8-5-6-9(13)7-10(8)11(14)12(2,3)4/h6-8,14H,5,13H2,1-4H3. The van der Waals surface area contributed by atoms with Gasteiger partial charge in [-0.3, -0.25) is 0 Å². The molecule has 1 aliphatic carbocycles. The van der Waals surface area contributed by atoms with Crippen molar-refractivity contribution in [3.8, 4) is 0 Å². The lowest BCUT2D eigenvalue weighted by Crippen LogP contribution is -2.25. The van der Waals surface area contributed by atoms with Crippen molar-refractivity contribution in [3.63, 3.8) is 0 Å². The molecule has 0 amide bonds. The van der Waals surface area contributed by atoms with Crippen molar-refractivity contribution < 1.29 is 0 Å². The second kappa shape index (κ2) is 3.76. The maximum atomic E-state index is 8.16. The van der Waals surface area contributed by atoms with Crippen molar-refractivity contribution in [2.45, 2.75) is 34.1 Å². The first-order chi connectivity index (χ1) is 6.32. The predicted molar refractivity (Wildman–Crippen MR) is 65.7 cm³/mol. The molecule has 14 heavy (non-hydrogen) atoms. The van der Waals surface area contributed by atoms with E-state index in [1.54, 1.807) is 0 Å². The molecule has 0 aromatic heterocycles. The van der Waals surface area contributed by atoms with E-state index in [1.807, 2.05) is 0 Å². The second-order valence-electron chi connectivity index (χ2n) is 5.31. The first-order valence-electron chi connectivity index (χ1n) is 5.30. The molecule has 1 rings (SSSR count). The van der Waals surface area contributed by atoms with Gasteiger partial charge in [0, 0.05) is 11.1 Å². The van der Waals surface area contributed by atoms with Crippen LogP contribution in [0.1, 0.15) is 34.1 Å². The zero-order valence-corrected chi connectivity index (χ0v) is 9.94. The molecule has 76 valence electrons. The molecule has 0 aliphatic heterocycles. The monoisotopic (exact) mass is 189 g/mol. The summed E-state index contributed by atoms with van der Waals surface area (Å²) in [5.41, 5.74) is 3.28. The molecule has 0 spiro atoms. The van der Waals surface area contributed by atoms with E-state index >= 15 is 0 Å². The molecule has 1 aliphatic rings. The quantitative estimate of drug-likeness (QED) is 0.484. The van der Waals surface area contributed by atoms with E-state index in [0.717, 1.165) is 12.1 Å². The van der Waals surface area contributed by atoms with E-state index in [9.17, 15) is 0 Å². The van der Waals surface area contributed by atoms with Gasteiger partial charge in [0.15, 0.2) is 0 Å². The molecule has 0 radical (unpaired) electrons. The molecule has 0 bridgehead atoms. The number of nitrogens with one attached hydrogen (secondary N) is 1. The predicted octanol–water partition coefficient (Wildman–Crippen LogP) is 2.54. The lowest BCUT2D eigenvalue weighted by Gasteiger charge is -2.27. The summed E-state index contributed by atoms with van der Waals surface area (Å²) < 4.78 is 0. The number of hydrogen-bond donors (Lipinski definition) is 1. The first-order valence-corrected chi connectivity index (χ1v) is 5.30. The Bertz CT molecular complexity index is 305. The molecule has 1 unspecified atom stereocenters. The molecular weight excluding hydrogens is 169 g/mol. The molecular formula is C12H20BN. The van der Waals surface area contributed by atoms with Crippen LogP contribution in [0.3, 0.4) is 0 Å².